The molecule has 0 spiro atoms. The highest BCUT2D eigenvalue weighted by Gasteiger charge is 2.50. The van der Waals surface area contributed by atoms with Crippen molar-refractivity contribution in [3.63, 3.8) is 0 Å². The average Bonchev–Trinajstić information content (AvgIpc) is 3.54. The second-order valence-electron chi connectivity index (χ2n) is 9.99. The van der Waals surface area contributed by atoms with Crippen molar-refractivity contribution in [3.05, 3.63) is 93.9 Å². The van der Waals surface area contributed by atoms with Crippen LogP contribution in [-0.2, 0) is 23.3 Å². The van der Waals surface area contributed by atoms with Crippen LogP contribution in [0.1, 0.15) is 31.9 Å². The van der Waals surface area contributed by atoms with Gasteiger partial charge in [-0.25, -0.2) is 4.98 Å². The van der Waals surface area contributed by atoms with Crippen molar-refractivity contribution in [1.82, 2.24) is 4.98 Å². The van der Waals surface area contributed by atoms with Gasteiger partial charge in [0.2, 0.25) is 5.91 Å². The number of fused-ring (bicyclic) bond motifs is 1. The molecule has 5 rings (SSSR count). The lowest BCUT2D eigenvalue weighted by molar-refractivity contribution is -0.188. The Hall–Kier alpha value is -4.26. The number of alkyl halides is 3. The molecule has 0 fully saturated rings. The lowest BCUT2D eigenvalue weighted by Crippen LogP contribution is -2.57. The van der Waals surface area contributed by atoms with Crippen LogP contribution >= 0.6 is 11.3 Å². The Kier molecular flexibility index (Phi) is 7.80. The first kappa shape index (κ1) is 29.2. The van der Waals surface area contributed by atoms with Gasteiger partial charge >= 0.3 is 6.18 Å². The van der Waals surface area contributed by atoms with Gasteiger partial charge in [0.05, 0.1) is 19.2 Å². The van der Waals surface area contributed by atoms with Crippen LogP contribution in [0.2, 0.25) is 0 Å². The fourth-order valence-corrected chi connectivity index (χ4v) is 5.63. The van der Waals surface area contributed by atoms with Gasteiger partial charge in [0.1, 0.15) is 5.75 Å². The minimum atomic E-state index is -4.84. The number of hydrogen-bond acceptors (Lipinski definition) is 7. The molecular weight excluding hydrogens is 567 g/mol. The van der Waals surface area contributed by atoms with Crippen LogP contribution in [0.25, 0.3) is 11.3 Å². The van der Waals surface area contributed by atoms with Crippen LogP contribution in [-0.4, -0.2) is 36.6 Å². The zero-order valence-electron chi connectivity index (χ0n) is 22.8. The predicted molar refractivity (Wildman–Crippen MR) is 156 cm³/mol. The van der Waals surface area contributed by atoms with Gasteiger partial charge in [-0.05, 0) is 66.4 Å². The standard InChI is InChI=1S/C30H28F3N5O3S/c1-17-26(37-28(42-17)36-25(39)15-18-3-10-23(41-2)11-4-18)21-7-12-24-20(16-21)13-14-38(24)27(40)19-5-8-22(9-6-19)29(34,35)30(31,32)33/h3-12,16H,13-15,34-35H2,1-2H3,(H,36,37,39). The fourth-order valence-electron chi connectivity index (χ4n) is 4.78. The molecule has 218 valence electrons. The highest BCUT2D eigenvalue weighted by Crippen LogP contribution is 2.37. The van der Waals surface area contributed by atoms with Crippen molar-refractivity contribution in [2.45, 2.75) is 31.6 Å². The number of methoxy groups -OCH3 is 1. The lowest BCUT2D eigenvalue weighted by Gasteiger charge is -2.28. The number of aryl methyl sites for hydroxylation is 1. The van der Waals surface area contributed by atoms with E-state index in [0.29, 0.717) is 18.1 Å². The zero-order chi connectivity index (χ0) is 30.2. The number of nitrogens with one attached hydrogen (secondary N) is 1. The molecule has 12 heteroatoms. The van der Waals surface area contributed by atoms with Crippen molar-refractivity contribution in [3.8, 4) is 17.0 Å². The lowest BCUT2D eigenvalue weighted by atomic mass is 9.99. The van der Waals surface area contributed by atoms with E-state index in [2.05, 4.69) is 10.3 Å². The summed E-state index contributed by atoms with van der Waals surface area (Å²) in [7, 11) is 1.58. The molecule has 0 aliphatic carbocycles. The molecule has 8 nitrogen and oxygen atoms in total. The third-order valence-electron chi connectivity index (χ3n) is 7.14. The number of amides is 2. The summed E-state index contributed by atoms with van der Waals surface area (Å²) >= 11 is 1.38. The summed E-state index contributed by atoms with van der Waals surface area (Å²) in [5, 5.41) is 3.36. The molecule has 4 aromatic rings. The van der Waals surface area contributed by atoms with Gasteiger partial charge in [0.15, 0.2) is 10.8 Å². The van der Waals surface area contributed by atoms with Crippen molar-refractivity contribution >= 4 is 34.0 Å². The Morgan fingerprint density at radius 3 is 2.38 bits per heavy atom. The SMILES string of the molecule is COc1ccc(CC(=O)Nc2nc(-c3ccc4c(c3)CCN4C(=O)c3ccc(C(N)(N)C(F)(F)F)cc3)c(C)s2)cc1. The van der Waals surface area contributed by atoms with Crippen molar-refractivity contribution < 1.29 is 27.5 Å². The van der Waals surface area contributed by atoms with E-state index in [-0.39, 0.29) is 29.4 Å². The van der Waals surface area contributed by atoms with E-state index in [9.17, 15) is 22.8 Å². The molecule has 2 amide bonds. The molecule has 1 aliphatic heterocycles. The van der Waals surface area contributed by atoms with Gasteiger partial charge in [0, 0.05) is 28.2 Å². The number of thiazole rings is 1. The summed E-state index contributed by atoms with van der Waals surface area (Å²) in [6.07, 6.45) is -4.04. The Bertz CT molecular complexity index is 1630. The Labute approximate surface area is 244 Å². The number of halogens is 3. The molecule has 2 heterocycles. The molecular formula is C30H28F3N5O3S. The largest absolute Gasteiger partial charge is 0.497 e. The van der Waals surface area contributed by atoms with Crippen molar-refractivity contribution in [2.24, 2.45) is 11.5 Å². The number of nitrogens with two attached hydrogens (primary N) is 2. The van der Waals surface area contributed by atoms with Crippen LogP contribution < -0.4 is 26.4 Å². The Morgan fingerprint density at radius 2 is 1.74 bits per heavy atom. The number of carbonyl (C=O) groups is 2. The molecule has 0 unspecified atom stereocenters. The molecule has 0 radical (unpaired) electrons. The van der Waals surface area contributed by atoms with Crippen LogP contribution in [0.5, 0.6) is 5.75 Å². The van der Waals surface area contributed by atoms with Crippen molar-refractivity contribution in [1.29, 1.82) is 0 Å². The van der Waals surface area contributed by atoms with Gasteiger partial charge in [0.25, 0.3) is 5.91 Å². The fraction of sp³-hybridized carbons (Fsp3) is 0.233. The molecule has 1 aromatic heterocycles. The summed E-state index contributed by atoms with van der Waals surface area (Å²) in [4.78, 5) is 33.0. The van der Waals surface area contributed by atoms with E-state index in [1.165, 1.54) is 23.5 Å². The minimum Gasteiger partial charge on any atom is -0.497 e. The normalized spacial score (nSPS) is 13.2. The first-order chi connectivity index (χ1) is 19.9. The topological polar surface area (TPSA) is 124 Å². The molecule has 3 aromatic carbocycles. The molecule has 42 heavy (non-hydrogen) atoms. The van der Waals surface area contributed by atoms with Gasteiger partial charge < -0.3 is 26.4 Å². The quantitative estimate of drug-likeness (QED) is 0.254. The molecule has 0 atom stereocenters. The Balaban J connectivity index is 1.28. The number of anilines is 2. The Morgan fingerprint density at radius 1 is 1.05 bits per heavy atom. The average molecular weight is 596 g/mol. The van der Waals surface area contributed by atoms with Gasteiger partial charge in [-0.3, -0.25) is 9.59 Å². The maximum Gasteiger partial charge on any atom is 0.423 e. The van der Waals surface area contributed by atoms with Gasteiger partial charge in [-0.1, -0.05) is 30.3 Å². The van der Waals surface area contributed by atoms with Gasteiger partial charge in [-0.15, -0.1) is 11.3 Å². The minimum absolute atomic E-state index is 0.182. The second kappa shape index (κ2) is 11.2. The molecule has 0 bridgehead atoms. The summed E-state index contributed by atoms with van der Waals surface area (Å²) < 4.78 is 44.7. The number of aromatic nitrogens is 1. The summed E-state index contributed by atoms with van der Waals surface area (Å²) in [6.45, 7) is 2.34. The number of rotatable bonds is 7. The monoisotopic (exact) mass is 595 g/mol. The molecule has 0 saturated heterocycles. The van der Waals surface area contributed by atoms with Crippen LogP contribution in [0.3, 0.4) is 0 Å². The number of hydrogen-bond donors (Lipinski definition) is 3. The van der Waals surface area contributed by atoms with E-state index in [4.69, 9.17) is 16.2 Å². The van der Waals surface area contributed by atoms with E-state index < -0.39 is 11.8 Å². The van der Waals surface area contributed by atoms with Crippen molar-refractivity contribution in [2.75, 3.05) is 23.9 Å². The number of benzene rings is 3. The first-order valence-corrected chi connectivity index (χ1v) is 13.8. The van der Waals surface area contributed by atoms with E-state index in [1.807, 2.05) is 37.3 Å². The highest BCUT2D eigenvalue weighted by atomic mass is 32.1. The summed E-state index contributed by atoms with van der Waals surface area (Å²) in [6, 6.07) is 17.8. The maximum absolute atomic E-state index is 13.2. The highest BCUT2D eigenvalue weighted by molar-refractivity contribution is 7.16. The first-order valence-electron chi connectivity index (χ1n) is 13.0. The predicted octanol–water partition coefficient (Wildman–Crippen LogP) is 5.14. The van der Waals surface area contributed by atoms with Gasteiger partial charge in [-0.2, -0.15) is 13.2 Å². The second-order valence-corrected chi connectivity index (χ2v) is 11.2. The smallest absolute Gasteiger partial charge is 0.423 e. The number of nitrogens with zero attached hydrogens (tertiary/aromatic N) is 2. The van der Waals surface area contributed by atoms with Crippen LogP contribution in [0, 0.1) is 6.92 Å². The van der Waals surface area contributed by atoms with Crippen LogP contribution in [0.4, 0.5) is 24.0 Å². The molecule has 5 N–H and O–H groups in total. The van der Waals surface area contributed by atoms with E-state index in [0.717, 1.165) is 50.8 Å². The third kappa shape index (κ3) is 5.73. The third-order valence-corrected chi connectivity index (χ3v) is 8.03. The summed E-state index contributed by atoms with van der Waals surface area (Å²) in [5.41, 5.74) is 11.5. The summed E-state index contributed by atoms with van der Waals surface area (Å²) in [5.74, 6) is 0.194. The van der Waals surface area contributed by atoms with E-state index in [1.54, 1.807) is 24.1 Å². The zero-order valence-corrected chi connectivity index (χ0v) is 23.6. The molecule has 1 aliphatic rings. The maximum atomic E-state index is 13.2. The number of carbonyl (C=O) groups excluding carboxylic acids is 2. The number of ether oxygens (including phenoxy) is 1. The van der Waals surface area contributed by atoms with Crippen LogP contribution in [0.15, 0.2) is 66.7 Å². The molecule has 0 saturated carbocycles. The van der Waals surface area contributed by atoms with E-state index >= 15 is 0 Å².